The van der Waals surface area contributed by atoms with Gasteiger partial charge in [0.2, 0.25) is 11.9 Å². The van der Waals surface area contributed by atoms with Crippen LogP contribution in [0.3, 0.4) is 0 Å². The van der Waals surface area contributed by atoms with Crippen LogP contribution in [0.15, 0.2) is 65.6 Å². The lowest BCUT2D eigenvalue weighted by Crippen LogP contribution is -2.18. The number of hydrogen-bond donors (Lipinski definition) is 3. The predicted molar refractivity (Wildman–Crippen MR) is 111 cm³/mol. The number of fused-ring (bicyclic) bond motifs is 1. The molecule has 2 aromatic heterocycles. The molecule has 0 radical (unpaired) electrons. The summed E-state index contributed by atoms with van der Waals surface area (Å²) >= 11 is 0. The van der Waals surface area contributed by atoms with Gasteiger partial charge in [-0.1, -0.05) is 37.3 Å². The number of pyridine rings is 1. The van der Waals surface area contributed by atoms with Gasteiger partial charge in [-0.3, -0.25) is 9.97 Å². The third-order valence-corrected chi connectivity index (χ3v) is 4.45. The first-order valence-electron chi connectivity index (χ1n) is 9.12. The van der Waals surface area contributed by atoms with E-state index in [0.717, 1.165) is 28.6 Å². The minimum absolute atomic E-state index is 0.277. The van der Waals surface area contributed by atoms with E-state index in [2.05, 4.69) is 49.6 Å². The van der Waals surface area contributed by atoms with Gasteiger partial charge in [0.25, 0.3) is 0 Å². The van der Waals surface area contributed by atoms with Gasteiger partial charge in [-0.05, 0) is 41.8 Å². The van der Waals surface area contributed by atoms with Crippen LogP contribution in [-0.2, 0) is 13.0 Å². The van der Waals surface area contributed by atoms with Crippen molar-refractivity contribution in [2.45, 2.75) is 19.9 Å². The Kier molecular flexibility index (Phi) is 4.97. The van der Waals surface area contributed by atoms with Gasteiger partial charge in [0, 0.05) is 23.8 Å². The number of rotatable bonds is 6. The molecule has 0 atom stereocenters. The molecule has 0 aliphatic heterocycles. The van der Waals surface area contributed by atoms with Gasteiger partial charge in [-0.2, -0.15) is 9.97 Å². The number of nitrogens with one attached hydrogen (secondary N) is 3. The van der Waals surface area contributed by atoms with Gasteiger partial charge >= 0.3 is 5.69 Å². The molecule has 0 unspecified atom stereocenters. The van der Waals surface area contributed by atoms with Crippen LogP contribution in [0.1, 0.15) is 18.1 Å². The highest BCUT2D eigenvalue weighted by Gasteiger charge is 2.06. The molecule has 0 bridgehead atoms. The molecular formula is C21H20N6O. The van der Waals surface area contributed by atoms with E-state index in [1.807, 2.05) is 42.5 Å². The maximum Gasteiger partial charge on any atom is 0.351 e. The molecule has 2 aromatic carbocycles. The SMILES string of the molecule is CCc1ccccc1CNc1nc(Nc2ccc3ncccc3c2)[nH]c(=O)n1. The molecule has 140 valence electrons. The lowest BCUT2D eigenvalue weighted by Gasteiger charge is -2.10. The Labute approximate surface area is 161 Å². The fourth-order valence-electron chi connectivity index (χ4n) is 3.06. The number of aryl methyl sites for hydroxylation is 1. The van der Waals surface area contributed by atoms with Crippen molar-refractivity contribution in [1.29, 1.82) is 0 Å². The third-order valence-electron chi connectivity index (χ3n) is 4.45. The molecule has 0 saturated heterocycles. The van der Waals surface area contributed by atoms with E-state index in [-0.39, 0.29) is 5.95 Å². The van der Waals surface area contributed by atoms with Crippen LogP contribution < -0.4 is 16.3 Å². The second-order valence-corrected chi connectivity index (χ2v) is 6.34. The van der Waals surface area contributed by atoms with Crippen molar-refractivity contribution in [3.63, 3.8) is 0 Å². The molecule has 0 aliphatic rings. The van der Waals surface area contributed by atoms with Crippen LogP contribution in [0, 0.1) is 0 Å². The normalized spacial score (nSPS) is 10.8. The molecule has 0 aliphatic carbocycles. The molecule has 4 rings (SSSR count). The zero-order valence-electron chi connectivity index (χ0n) is 15.4. The largest absolute Gasteiger partial charge is 0.351 e. The van der Waals surface area contributed by atoms with Crippen LogP contribution in [0.4, 0.5) is 17.6 Å². The zero-order valence-corrected chi connectivity index (χ0v) is 15.4. The maximum atomic E-state index is 12.0. The number of nitrogens with zero attached hydrogens (tertiary/aromatic N) is 3. The highest BCUT2D eigenvalue weighted by atomic mass is 16.1. The number of H-pyrrole nitrogens is 1. The summed E-state index contributed by atoms with van der Waals surface area (Å²) in [4.78, 5) is 27.2. The van der Waals surface area contributed by atoms with Crippen molar-refractivity contribution in [1.82, 2.24) is 19.9 Å². The zero-order chi connectivity index (χ0) is 19.3. The van der Waals surface area contributed by atoms with Gasteiger partial charge < -0.3 is 10.6 Å². The van der Waals surface area contributed by atoms with Crippen molar-refractivity contribution in [3.8, 4) is 0 Å². The summed E-state index contributed by atoms with van der Waals surface area (Å²) in [7, 11) is 0. The Morgan fingerprint density at radius 1 is 1.00 bits per heavy atom. The summed E-state index contributed by atoms with van der Waals surface area (Å²) < 4.78 is 0. The summed E-state index contributed by atoms with van der Waals surface area (Å²) in [6.45, 7) is 2.66. The topological polar surface area (TPSA) is 95.6 Å². The van der Waals surface area contributed by atoms with E-state index in [1.54, 1.807) is 6.20 Å². The fourth-order valence-corrected chi connectivity index (χ4v) is 3.06. The summed E-state index contributed by atoms with van der Waals surface area (Å²) in [6, 6.07) is 17.8. The average Bonchev–Trinajstić information content (AvgIpc) is 2.72. The smallest absolute Gasteiger partial charge is 0.350 e. The molecule has 0 fully saturated rings. The van der Waals surface area contributed by atoms with Gasteiger partial charge in [-0.25, -0.2) is 4.79 Å². The summed E-state index contributed by atoms with van der Waals surface area (Å²) in [5.74, 6) is 0.606. The van der Waals surface area contributed by atoms with Crippen molar-refractivity contribution in [2.24, 2.45) is 0 Å². The number of aromatic amines is 1. The molecule has 7 heteroatoms. The first-order valence-corrected chi connectivity index (χ1v) is 9.12. The van der Waals surface area contributed by atoms with Crippen LogP contribution in [0.2, 0.25) is 0 Å². The Morgan fingerprint density at radius 2 is 1.86 bits per heavy atom. The van der Waals surface area contributed by atoms with E-state index in [1.165, 1.54) is 5.56 Å². The minimum Gasteiger partial charge on any atom is -0.350 e. The number of aromatic nitrogens is 4. The van der Waals surface area contributed by atoms with Gasteiger partial charge in [-0.15, -0.1) is 0 Å². The van der Waals surface area contributed by atoms with Gasteiger partial charge in [0.1, 0.15) is 0 Å². The second-order valence-electron chi connectivity index (χ2n) is 6.34. The number of benzene rings is 2. The average molecular weight is 372 g/mol. The van der Waals surface area contributed by atoms with E-state index >= 15 is 0 Å². The summed E-state index contributed by atoms with van der Waals surface area (Å²) in [5.41, 5.74) is 3.65. The Hall–Kier alpha value is -3.74. The highest BCUT2D eigenvalue weighted by molar-refractivity contribution is 5.82. The van der Waals surface area contributed by atoms with Crippen LogP contribution >= 0.6 is 0 Å². The second kappa shape index (κ2) is 7.87. The van der Waals surface area contributed by atoms with E-state index in [4.69, 9.17) is 0 Å². The first-order chi connectivity index (χ1) is 13.7. The van der Waals surface area contributed by atoms with Crippen LogP contribution in [-0.4, -0.2) is 19.9 Å². The van der Waals surface area contributed by atoms with Crippen molar-refractivity contribution < 1.29 is 0 Å². The Morgan fingerprint density at radius 3 is 2.71 bits per heavy atom. The lowest BCUT2D eigenvalue weighted by molar-refractivity contribution is 0.956. The van der Waals surface area contributed by atoms with Crippen LogP contribution in [0.5, 0.6) is 0 Å². The molecule has 28 heavy (non-hydrogen) atoms. The highest BCUT2D eigenvalue weighted by Crippen LogP contribution is 2.19. The predicted octanol–water partition coefficient (Wildman–Crippen LogP) is 3.63. The lowest BCUT2D eigenvalue weighted by atomic mass is 10.1. The van der Waals surface area contributed by atoms with E-state index in [9.17, 15) is 4.79 Å². The Balaban J connectivity index is 1.54. The molecule has 0 amide bonds. The standard InChI is InChI=1S/C21H20N6O/c1-2-14-6-3-4-7-16(14)13-23-19-25-20(27-21(28)26-19)24-17-9-10-18-15(12-17)8-5-11-22-18/h3-12H,2,13H2,1H3,(H3,23,24,25,26,27,28). The van der Waals surface area contributed by atoms with Crippen LogP contribution in [0.25, 0.3) is 10.9 Å². The summed E-state index contributed by atoms with van der Waals surface area (Å²) in [5, 5.41) is 7.26. The Bertz CT molecular complexity index is 1170. The first kappa shape index (κ1) is 17.7. The molecule has 3 N–H and O–H groups in total. The molecule has 2 heterocycles. The van der Waals surface area contributed by atoms with E-state index in [0.29, 0.717) is 12.5 Å². The monoisotopic (exact) mass is 372 g/mol. The minimum atomic E-state index is -0.466. The molecule has 0 spiro atoms. The number of anilines is 3. The molecule has 7 nitrogen and oxygen atoms in total. The molecule has 0 saturated carbocycles. The van der Waals surface area contributed by atoms with E-state index < -0.39 is 5.69 Å². The van der Waals surface area contributed by atoms with Crippen molar-refractivity contribution in [3.05, 3.63) is 82.4 Å². The maximum absolute atomic E-state index is 12.0. The third kappa shape index (κ3) is 3.98. The summed E-state index contributed by atoms with van der Waals surface area (Å²) in [6.07, 6.45) is 2.70. The molecule has 4 aromatic rings. The number of hydrogen-bond acceptors (Lipinski definition) is 6. The molecular weight excluding hydrogens is 352 g/mol. The van der Waals surface area contributed by atoms with Gasteiger partial charge in [0.15, 0.2) is 0 Å². The van der Waals surface area contributed by atoms with Gasteiger partial charge in [0.05, 0.1) is 5.52 Å². The van der Waals surface area contributed by atoms with Crippen molar-refractivity contribution in [2.75, 3.05) is 10.6 Å². The quantitative estimate of drug-likeness (QED) is 0.478. The fraction of sp³-hybridized carbons (Fsp3) is 0.143. The van der Waals surface area contributed by atoms with Crippen molar-refractivity contribution >= 4 is 28.5 Å².